The minimum atomic E-state index is -0.621. The lowest BCUT2D eigenvalue weighted by molar-refractivity contribution is 0.163. The molecule has 0 aliphatic heterocycles. The van der Waals surface area contributed by atoms with Gasteiger partial charge in [-0.3, -0.25) is 4.98 Å². The minimum absolute atomic E-state index is 0.280. The van der Waals surface area contributed by atoms with Crippen molar-refractivity contribution in [1.29, 1.82) is 0 Å². The van der Waals surface area contributed by atoms with Crippen LogP contribution in [0.3, 0.4) is 0 Å². The molecule has 1 unspecified atom stereocenters. The Bertz CT molecular complexity index is 741. The zero-order valence-corrected chi connectivity index (χ0v) is 11.6. The highest BCUT2D eigenvalue weighted by atomic mass is 16.3. The molecule has 0 aliphatic rings. The Balaban J connectivity index is 1.84. The number of hydrogen-bond donors (Lipinski definition) is 2. The molecular weight excluding hydrogens is 262 g/mol. The van der Waals surface area contributed by atoms with Crippen LogP contribution in [0, 0.1) is 0 Å². The van der Waals surface area contributed by atoms with Gasteiger partial charge in [0.2, 0.25) is 0 Å². The number of aromatic hydroxyl groups is 1. The van der Waals surface area contributed by atoms with Crippen molar-refractivity contribution in [3.8, 4) is 5.75 Å². The Morgan fingerprint density at radius 2 is 1.76 bits per heavy atom. The molecule has 0 spiro atoms. The van der Waals surface area contributed by atoms with Crippen LogP contribution in [0.15, 0.2) is 60.8 Å². The van der Waals surface area contributed by atoms with Crippen molar-refractivity contribution in [2.75, 3.05) is 0 Å². The van der Waals surface area contributed by atoms with Gasteiger partial charge in [0.1, 0.15) is 5.75 Å². The maximum atomic E-state index is 10.2. The molecule has 3 aromatic rings. The van der Waals surface area contributed by atoms with Crippen molar-refractivity contribution >= 4 is 10.8 Å². The first-order valence-corrected chi connectivity index (χ1v) is 7.04. The van der Waals surface area contributed by atoms with E-state index in [0.29, 0.717) is 18.5 Å². The first-order valence-electron chi connectivity index (χ1n) is 7.04. The van der Waals surface area contributed by atoms with Crippen molar-refractivity contribution in [2.24, 2.45) is 0 Å². The van der Waals surface area contributed by atoms with E-state index in [4.69, 9.17) is 0 Å². The van der Waals surface area contributed by atoms with E-state index in [1.807, 2.05) is 48.5 Å². The molecule has 0 fully saturated rings. The third-order valence-electron chi connectivity index (χ3n) is 3.71. The summed E-state index contributed by atoms with van der Waals surface area (Å²) < 4.78 is 0. The van der Waals surface area contributed by atoms with Gasteiger partial charge in [0.05, 0.1) is 11.8 Å². The summed E-state index contributed by atoms with van der Waals surface area (Å²) in [6, 6.07) is 17.1. The second-order valence-corrected chi connectivity index (χ2v) is 5.09. The molecule has 1 aromatic heterocycles. The Labute approximate surface area is 123 Å². The predicted molar refractivity (Wildman–Crippen MR) is 83.1 cm³/mol. The number of phenols is 1. The van der Waals surface area contributed by atoms with E-state index < -0.39 is 6.10 Å². The van der Waals surface area contributed by atoms with Gasteiger partial charge in [0.15, 0.2) is 0 Å². The van der Waals surface area contributed by atoms with E-state index in [9.17, 15) is 10.2 Å². The molecule has 0 saturated carbocycles. The molecule has 21 heavy (non-hydrogen) atoms. The maximum absolute atomic E-state index is 10.2. The Morgan fingerprint density at radius 3 is 2.57 bits per heavy atom. The highest BCUT2D eigenvalue weighted by Crippen LogP contribution is 2.29. The number of aryl methyl sites for hydroxylation is 1. The highest BCUT2D eigenvalue weighted by molar-refractivity contribution is 5.87. The molecule has 0 aliphatic carbocycles. The number of aliphatic hydroxyl groups excluding tert-OH is 1. The lowest BCUT2D eigenvalue weighted by Crippen LogP contribution is -2.02. The van der Waals surface area contributed by atoms with E-state index in [-0.39, 0.29) is 5.75 Å². The molecule has 106 valence electrons. The average molecular weight is 279 g/mol. The van der Waals surface area contributed by atoms with Crippen LogP contribution in [-0.2, 0) is 6.42 Å². The highest BCUT2D eigenvalue weighted by Gasteiger charge is 2.12. The van der Waals surface area contributed by atoms with Crippen LogP contribution in [-0.4, -0.2) is 15.2 Å². The molecule has 3 heteroatoms. The Hall–Kier alpha value is -2.39. The molecule has 2 N–H and O–H groups in total. The summed E-state index contributed by atoms with van der Waals surface area (Å²) in [5, 5.41) is 22.4. The third kappa shape index (κ3) is 2.88. The summed E-state index contributed by atoms with van der Waals surface area (Å²) in [5.74, 6) is 0.280. The zero-order chi connectivity index (χ0) is 14.7. The van der Waals surface area contributed by atoms with E-state index in [0.717, 1.165) is 16.3 Å². The van der Waals surface area contributed by atoms with Crippen molar-refractivity contribution in [1.82, 2.24) is 4.98 Å². The molecular formula is C18H17NO2. The van der Waals surface area contributed by atoms with Gasteiger partial charge < -0.3 is 10.2 Å². The largest absolute Gasteiger partial charge is 0.508 e. The van der Waals surface area contributed by atoms with Crippen LogP contribution in [0.1, 0.15) is 23.8 Å². The summed E-state index contributed by atoms with van der Waals surface area (Å²) >= 11 is 0. The van der Waals surface area contributed by atoms with Crippen molar-refractivity contribution in [3.63, 3.8) is 0 Å². The summed E-state index contributed by atoms with van der Waals surface area (Å²) in [5.41, 5.74) is 1.54. The van der Waals surface area contributed by atoms with E-state index in [2.05, 4.69) is 4.98 Å². The van der Waals surface area contributed by atoms with E-state index in [1.54, 1.807) is 12.3 Å². The standard InChI is InChI=1S/C18H17NO2/c20-17-10-8-13-5-1-2-6-14(13)15(17)9-11-18(21)16-7-3-4-12-19-16/h1-8,10,12,18,20-21H,9,11H2. The number of rotatable bonds is 4. The van der Waals surface area contributed by atoms with Gasteiger partial charge in [-0.2, -0.15) is 0 Å². The maximum Gasteiger partial charge on any atom is 0.119 e. The van der Waals surface area contributed by atoms with Crippen LogP contribution in [0.2, 0.25) is 0 Å². The number of aliphatic hydroxyl groups is 1. The zero-order valence-electron chi connectivity index (χ0n) is 11.6. The minimum Gasteiger partial charge on any atom is -0.508 e. The average Bonchev–Trinajstić information content (AvgIpc) is 2.54. The SMILES string of the molecule is Oc1ccc2ccccc2c1CCC(O)c1ccccn1. The molecule has 2 aromatic carbocycles. The van der Waals surface area contributed by atoms with Crippen LogP contribution >= 0.6 is 0 Å². The molecule has 1 atom stereocenters. The number of hydrogen-bond acceptors (Lipinski definition) is 3. The van der Waals surface area contributed by atoms with Crippen LogP contribution in [0.5, 0.6) is 5.75 Å². The fraction of sp³-hybridized carbons (Fsp3) is 0.167. The van der Waals surface area contributed by atoms with Gasteiger partial charge in [-0.15, -0.1) is 0 Å². The second-order valence-electron chi connectivity index (χ2n) is 5.09. The topological polar surface area (TPSA) is 53.4 Å². The molecule has 0 amide bonds. The fourth-order valence-corrected chi connectivity index (χ4v) is 2.59. The fourth-order valence-electron chi connectivity index (χ4n) is 2.59. The summed E-state index contributed by atoms with van der Waals surface area (Å²) in [7, 11) is 0. The summed E-state index contributed by atoms with van der Waals surface area (Å²) in [4.78, 5) is 4.16. The number of aromatic nitrogens is 1. The third-order valence-corrected chi connectivity index (χ3v) is 3.71. The number of fused-ring (bicyclic) bond motifs is 1. The van der Waals surface area contributed by atoms with Gasteiger partial charge in [-0.05, 0) is 41.8 Å². The first kappa shape index (κ1) is 13.6. The van der Waals surface area contributed by atoms with Crippen molar-refractivity contribution in [3.05, 3.63) is 72.1 Å². The monoisotopic (exact) mass is 279 g/mol. The lowest BCUT2D eigenvalue weighted by Gasteiger charge is -2.12. The van der Waals surface area contributed by atoms with Gasteiger partial charge in [-0.1, -0.05) is 36.4 Å². The number of nitrogens with zero attached hydrogens (tertiary/aromatic N) is 1. The van der Waals surface area contributed by atoms with E-state index in [1.165, 1.54) is 0 Å². The van der Waals surface area contributed by atoms with Gasteiger partial charge in [0, 0.05) is 11.8 Å². The van der Waals surface area contributed by atoms with Crippen LogP contribution in [0.4, 0.5) is 0 Å². The van der Waals surface area contributed by atoms with Gasteiger partial charge in [-0.25, -0.2) is 0 Å². The second kappa shape index (κ2) is 5.94. The Kier molecular flexibility index (Phi) is 3.84. The van der Waals surface area contributed by atoms with Crippen LogP contribution in [0.25, 0.3) is 10.8 Å². The number of phenolic OH excluding ortho intramolecular Hbond substituents is 1. The van der Waals surface area contributed by atoms with Gasteiger partial charge >= 0.3 is 0 Å². The van der Waals surface area contributed by atoms with Gasteiger partial charge in [0.25, 0.3) is 0 Å². The molecule has 0 radical (unpaired) electrons. The van der Waals surface area contributed by atoms with Crippen molar-refractivity contribution in [2.45, 2.75) is 18.9 Å². The molecule has 1 heterocycles. The summed E-state index contributed by atoms with van der Waals surface area (Å²) in [6.45, 7) is 0. The predicted octanol–water partition coefficient (Wildman–Crippen LogP) is 3.61. The molecule has 3 nitrogen and oxygen atoms in total. The Morgan fingerprint density at radius 1 is 0.952 bits per heavy atom. The van der Waals surface area contributed by atoms with Crippen LogP contribution < -0.4 is 0 Å². The first-order chi connectivity index (χ1) is 10.3. The molecule has 0 bridgehead atoms. The number of pyridine rings is 1. The normalized spacial score (nSPS) is 12.4. The number of benzene rings is 2. The smallest absolute Gasteiger partial charge is 0.119 e. The molecule has 0 saturated heterocycles. The quantitative estimate of drug-likeness (QED) is 0.767. The summed E-state index contributed by atoms with van der Waals surface area (Å²) in [6.07, 6.45) is 2.18. The van der Waals surface area contributed by atoms with E-state index >= 15 is 0 Å². The molecule has 3 rings (SSSR count). The lowest BCUT2D eigenvalue weighted by atomic mass is 9.97. The van der Waals surface area contributed by atoms with Crippen molar-refractivity contribution < 1.29 is 10.2 Å².